The fourth-order valence-corrected chi connectivity index (χ4v) is 4.19. The summed E-state index contributed by atoms with van der Waals surface area (Å²) in [5, 5.41) is 6.67. The Balaban J connectivity index is 1.68. The van der Waals surface area contributed by atoms with Gasteiger partial charge in [0, 0.05) is 37.8 Å². The van der Waals surface area contributed by atoms with E-state index in [0.29, 0.717) is 26.1 Å². The predicted molar refractivity (Wildman–Crippen MR) is 97.5 cm³/mol. The van der Waals surface area contributed by atoms with Gasteiger partial charge in [-0.25, -0.2) is 9.97 Å². The Morgan fingerprint density at radius 2 is 2.24 bits per heavy atom. The number of aromatic nitrogens is 4. The molecule has 2 N–H and O–H groups in total. The maximum atomic E-state index is 11.8. The van der Waals surface area contributed by atoms with Gasteiger partial charge in [-0.1, -0.05) is 6.92 Å². The van der Waals surface area contributed by atoms with Crippen molar-refractivity contribution in [2.75, 3.05) is 19.6 Å². The van der Waals surface area contributed by atoms with Gasteiger partial charge in [-0.15, -0.1) is 11.3 Å². The van der Waals surface area contributed by atoms with Crippen molar-refractivity contribution in [3.05, 3.63) is 29.1 Å². The van der Waals surface area contributed by atoms with Crippen LogP contribution in [0, 0.1) is 0 Å². The Labute approximate surface area is 153 Å². The maximum Gasteiger partial charge on any atom is 0.223 e. The lowest BCUT2D eigenvalue weighted by Gasteiger charge is -2.49. The number of likely N-dealkylation sites (tertiary alicyclic amines) is 1. The van der Waals surface area contributed by atoms with Crippen LogP contribution in [0.5, 0.6) is 0 Å². The molecule has 130 valence electrons. The van der Waals surface area contributed by atoms with Crippen LogP contribution >= 0.6 is 22.9 Å². The van der Waals surface area contributed by atoms with Gasteiger partial charge in [0.25, 0.3) is 0 Å². The number of hydrogen-bond donors (Lipinski definition) is 1. The molecule has 1 aliphatic heterocycles. The molecule has 4 rings (SSSR count). The molecule has 0 atom stereocenters. The van der Waals surface area contributed by atoms with Crippen LogP contribution in [0.25, 0.3) is 21.5 Å². The van der Waals surface area contributed by atoms with Crippen molar-refractivity contribution < 1.29 is 4.79 Å². The van der Waals surface area contributed by atoms with E-state index in [4.69, 9.17) is 17.3 Å². The van der Waals surface area contributed by atoms with Gasteiger partial charge in [-0.2, -0.15) is 5.10 Å². The molecule has 0 spiro atoms. The fourth-order valence-electron chi connectivity index (χ4n) is 3.17. The van der Waals surface area contributed by atoms with Gasteiger partial charge >= 0.3 is 0 Å². The third-order valence-corrected chi connectivity index (χ3v) is 5.70. The van der Waals surface area contributed by atoms with Gasteiger partial charge < -0.3 is 10.6 Å². The second kappa shape index (κ2) is 6.05. The minimum atomic E-state index is -0.353. The van der Waals surface area contributed by atoms with Gasteiger partial charge in [0.1, 0.15) is 5.54 Å². The molecular formula is C16H17ClN6OS. The van der Waals surface area contributed by atoms with E-state index in [2.05, 4.69) is 15.1 Å². The first-order chi connectivity index (χ1) is 12.1. The molecule has 0 saturated carbocycles. The molecule has 1 saturated heterocycles. The summed E-state index contributed by atoms with van der Waals surface area (Å²) in [6.07, 6.45) is 4.19. The summed E-state index contributed by atoms with van der Waals surface area (Å²) in [5.74, 6) is 0.138. The molecule has 1 aliphatic rings. The van der Waals surface area contributed by atoms with Crippen LogP contribution < -0.4 is 5.73 Å². The zero-order valence-electron chi connectivity index (χ0n) is 13.6. The molecule has 4 heterocycles. The van der Waals surface area contributed by atoms with E-state index in [1.165, 1.54) is 0 Å². The van der Waals surface area contributed by atoms with Crippen molar-refractivity contribution >= 4 is 39.1 Å². The average molecular weight is 377 g/mol. The highest BCUT2D eigenvalue weighted by atomic mass is 35.5. The number of fused-ring (bicyclic) bond motifs is 1. The van der Waals surface area contributed by atoms with Crippen LogP contribution in [-0.2, 0) is 10.3 Å². The van der Waals surface area contributed by atoms with Crippen molar-refractivity contribution in [2.45, 2.75) is 18.9 Å². The lowest BCUT2D eigenvalue weighted by molar-refractivity contribution is -0.141. The third kappa shape index (κ3) is 2.61. The van der Waals surface area contributed by atoms with Crippen molar-refractivity contribution in [3.8, 4) is 11.3 Å². The van der Waals surface area contributed by atoms with Crippen LogP contribution in [0.1, 0.15) is 13.3 Å². The van der Waals surface area contributed by atoms with Crippen LogP contribution in [0.15, 0.2) is 23.8 Å². The van der Waals surface area contributed by atoms with Crippen LogP contribution in [0.4, 0.5) is 0 Å². The third-order valence-electron chi connectivity index (χ3n) is 4.62. The number of hydrogen-bond acceptors (Lipinski definition) is 6. The summed E-state index contributed by atoms with van der Waals surface area (Å²) < 4.78 is 2.83. The van der Waals surface area contributed by atoms with Crippen LogP contribution in [0.3, 0.4) is 0 Å². The van der Waals surface area contributed by atoms with E-state index >= 15 is 0 Å². The molecular weight excluding hydrogens is 360 g/mol. The minimum absolute atomic E-state index is 0.138. The van der Waals surface area contributed by atoms with Crippen molar-refractivity contribution in [1.82, 2.24) is 24.6 Å². The van der Waals surface area contributed by atoms with E-state index in [1.807, 2.05) is 34.1 Å². The van der Waals surface area contributed by atoms with Crippen molar-refractivity contribution in [2.24, 2.45) is 5.73 Å². The highest BCUT2D eigenvalue weighted by Crippen LogP contribution is 2.33. The number of nitrogens with two attached hydrogens (primary N) is 1. The summed E-state index contributed by atoms with van der Waals surface area (Å²) >= 11 is 7.62. The normalized spacial score (nSPS) is 16.2. The number of carbonyl (C=O) groups excluding carboxylic acids is 1. The quantitative estimate of drug-likeness (QED) is 0.704. The summed E-state index contributed by atoms with van der Waals surface area (Å²) in [6, 6.07) is 1.92. The van der Waals surface area contributed by atoms with Crippen LogP contribution in [0.2, 0.25) is 5.28 Å². The molecule has 0 aromatic carbocycles. The number of nitrogens with zero attached hydrogens (tertiary/aromatic N) is 5. The number of halogens is 1. The van der Waals surface area contributed by atoms with E-state index in [1.54, 1.807) is 17.5 Å². The van der Waals surface area contributed by atoms with E-state index in [9.17, 15) is 4.79 Å². The molecule has 25 heavy (non-hydrogen) atoms. The molecule has 7 nitrogen and oxygen atoms in total. The number of amides is 1. The maximum absolute atomic E-state index is 11.8. The van der Waals surface area contributed by atoms with E-state index in [0.717, 1.165) is 21.5 Å². The van der Waals surface area contributed by atoms with Crippen molar-refractivity contribution in [1.29, 1.82) is 0 Å². The highest BCUT2D eigenvalue weighted by molar-refractivity contribution is 7.17. The van der Waals surface area contributed by atoms with Crippen molar-refractivity contribution in [3.63, 3.8) is 0 Å². The standard InChI is InChI=1S/C16H17ClN6OS/c1-2-12(24)22-8-16(7-18,9-22)23-6-10(5-19-23)13-14-11(3-4-25-14)20-15(17)21-13/h3-6H,2,7-9,18H2,1H3. The smallest absolute Gasteiger partial charge is 0.223 e. The summed E-state index contributed by atoms with van der Waals surface area (Å²) in [5.41, 5.74) is 8.11. The Kier molecular flexibility index (Phi) is 3.98. The second-order valence-electron chi connectivity index (χ2n) is 6.18. The SMILES string of the molecule is CCC(=O)N1CC(CN)(n2cc(-c3nc(Cl)nc4ccsc34)cn2)C1. The first kappa shape index (κ1) is 16.4. The monoisotopic (exact) mass is 376 g/mol. The van der Waals surface area contributed by atoms with Crippen LogP contribution in [-0.4, -0.2) is 50.2 Å². The largest absolute Gasteiger partial charge is 0.338 e. The van der Waals surface area contributed by atoms with Gasteiger partial charge in [0.15, 0.2) is 0 Å². The number of carbonyl (C=O) groups is 1. The Morgan fingerprint density at radius 1 is 1.44 bits per heavy atom. The summed E-state index contributed by atoms with van der Waals surface area (Å²) in [7, 11) is 0. The Morgan fingerprint density at radius 3 is 2.96 bits per heavy atom. The lowest BCUT2D eigenvalue weighted by Crippen LogP contribution is -2.67. The first-order valence-corrected chi connectivity index (χ1v) is 9.26. The fraction of sp³-hybridized carbons (Fsp3) is 0.375. The lowest BCUT2D eigenvalue weighted by atomic mass is 9.89. The summed E-state index contributed by atoms with van der Waals surface area (Å²) in [6.45, 7) is 3.44. The highest BCUT2D eigenvalue weighted by Gasteiger charge is 2.46. The molecule has 0 bridgehead atoms. The molecule has 9 heteroatoms. The summed E-state index contributed by atoms with van der Waals surface area (Å²) in [4.78, 5) is 22.3. The van der Waals surface area contributed by atoms with Gasteiger partial charge in [0.05, 0.1) is 22.1 Å². The van der Waals surface area contributed by atoms with E-state index < -0.39 is 0 Å². The Bertz CT molecular complexity index is 945. The molecule has 3 aromatic rings. The van der Waals surface area contributed by atoms with Gasteiger partial charge in [-0.3, -0.25) is 9.48 Å². The topological polar surface area (TPSA) is 89.9 Å². The van der Waals surface area contributed by atoms with Gasteiger partial charge in [0.2, 0.25) is 11.2 Å². The minimum Gasteiger partial charge on any atom is -0.338 e. The number of rotatable bonds is 4. The zero-order chi connectivity index (χ0) is 17.6. The number of thiophene rings is 1. The average Bonchev–Trinajstić information content (AvgIpc) is 3.22. The molecule has 0 unspecified atom stereocenters. The molecule has 0 aliphatic carbocycles. The molecule has 1 amide bonds. The van der Waals surface area contributed by atoms with Gasteiger partial charge in [-0.05, 0) is 23.0 Å². The predicted octanol–water partition coefficient (Wildman–Crippen LogP) is 2.11. The molecule has 1 fully saturated rings. The second-order valence-corrected chi connectivity index (χ2v) is 7.44. The molecule has 3 aromatic heterocycles. The zero-order valence-corrected chi connectivity index (χ0v) is 15.2. The first-order valence-electron chi connectivity index (χ1n) is 8.00. The Hall–Kier alpha value is -2.03. The molecule has 0 radical (unpaired) electrons. The van der Waals surface area contributed by atoms with E-state index in [-0.39, 0.29) is 16.7 Å².